The Balaban J connectivity index is 1.76. The molecular formula is C20H19ClN2O3S. The maximum atomic E-state index is 12.0. The normalized spacial score (nSPS) is 10.6. The van der Waals surface area contributed by atoms with E-state index in [1.165, 1.54) is 17.8 Å². The second-order valence-electron chi connectivity index (χ2n) is 5.83. The van der Waals surface area contributed by atoms with Crippen molar-refractivity contribution in [2.45, 2.75) is 17.3 Å². The van der Waals surface area contributed by atoms with Gasteiger partial charge in [0, 0.05) is 23.3 Å². The molecule has 7 heteroatoms. The zero-order chi connectivity index (χ0) is 19.2. The van der Waals surface area contributed by atoms with Gasteiger partial charge in [-0.2, -0.15) is 0 Å². The summed E-state index contributed by atoms with van der Waals surface area (Å²) in [5.41, 5.74) is 2.57. The molecule has 0 amide bonds. The molecule has 2 aromatic carbocycles. The van der Waals surface area contributed by atoms with Crippen molar-refractivity contribution in [2.24, 2.45) is 0 Å². The Labute approximate surface area is 166 Å². The van der Waals surface area contributed by atoms with Crippen LogP contribution in [0.3, 0.4) is 0 Å². The Morgan fingerprint density at radius 2 is 1.85 bits per heavy atom. The number of rotatable bonds is 7. The van der Waals surface area contributed by atoms with Crippen LogP contribution >= 0.6 is 23.4 Å². The molecule has 140 valence electrons. The van der Waals surface area contributed by atoms with E-state index in [1.54, 1.807) is 14.2 Å². The summed E-state index contributed by atoms with van der Waals surface area (Å²) in [5, 5.41) is 1.27. The van der Waals surface area contributed by atoms with Crippen LogP contribution in [0.1, 0.15) is 16.8 Å². The molecule has 0 radical (unpaired) electrons. The molecule has 0 bridgehead atoms. The molecule has 3 rings (SSSR count). The fourth-order valence-electron chi connectivity index (χ4n) is 2.62. The summed E-state index contributed by atoms with van der Waals surface area (Å²) in [5.74, 6) is 1.98. The Bertz CT molecular complexity index is 991. The van der Waals surface area contributed by atoms with Crippen LogP contribution in [-0.4, -0.2) is 24.2 Å². The molecule has 0 saturated carbocycles. The first-order valence-corrected chi connectivity index (χ1v) is 9.62. The first-order chi connectivity index (χ1) is 13.1. The standard InChI is InChI=1S/C20H19ClN2O3S/c1-25-17-7-6-13(10-18(17)26-2)9-16-11-19(24)23-20(22-16)27-12-14-4-3-5-15(21)8-14/h3-8,10-11H,9,12H2,1-2H3,(H,22,23,24). The summed E-state index contributed by atoms with van der Waals surface area (Å²) in [6.45, 7) is 0. The van der Waals surface area contributed by atoms with Gasteiger partial charge >= 0.3 is 0 Å². The average Bonchev–Trinajstić information content (AvgIpc) is 2.66. The molecule has 0 saturated heterocycles. The van der Waals surface area contributed by atoms with Gasteiger partial charge in [-0.15, -0.1) is 0 Å². The SMILES string of the molecule is COc1ccc(Cc2cc(=O)[nH]c(SCc3cccc(Cl)c3)n2)cc1OC. The van der Waals surface area contributed by atoms with E-state index in [2.05, 4.69) is 9.97 Å². The van der Waals surface area contributed by atoms with Crippen molar-refractivity contribution in [1.82, 2.24) is 9.97 Å². The number of halogens is 1. The predicted molar refractivity (Wildman–Crippen MR) is 108 cm³/mol. The van der Waals surface area contributed by atoms with E-state index in [1.807, 2.05) is 42.5 Å². The quantitative estimate of drug-likeness (QED) is 0.471. The highest BCUT2D eigenvalue weighted by Gasteiger charge is 2.08. The van der Waals surface area contributed by atoms with Crippen LogP contribution in [-0.2, 0) is 12.2 Å². The Morgan fingerprint density at radius 1 is 1.04 bits per heavy atom. The second-order valence-corrected chi connectivity index (χ2v) is 7.23. The lowest BCUT2D eigenvalue weighted by Crippen LogP contribution is -2.10. The van der Waals surface area contributed by atoms with Gasteiger partial charge in [-0.05, 0) is 35.4 Å². The smallest absolute Gasteiger partial charge is 0.251 e. The van der Waals surface area contributed by atoms with Crippen molar-refractivity contribution in [1.29, 1.82) is 0 Å². The van der Waals surface area contributed by atoms with Crippen LogP contribution in [0, 0.1) is 0 Å². The zero-order valence-corrected chi connectivity index (χ0v) is 16.6. The third kappa shape index (κ3) is 5.28. The van der Waals surface area contributed by atoms with Crippen molar-refractivity contribution >= 4 is 23.4 Å². The topological polar surface area (TPSA) is 64.2 Å². The van der Waals surface area contributed by atoms with E-state index in [9.17, 15) is 4.79 Å². The highest BCUT2D eigenvalue weighted by molar-refractivity contribution is 7.98. The molecule has 27 heavy (non-hydrogen) atoms. The van der Waals surface area contributed by atoms with Crippen molar-refractivity contribution in [2.75, 3.05) is 14.2 Å². The van der Waals surface area contributed by atoms with Crippen LogP contribution in [0.2, 0.25) is 5.02 Å². The molecule has 1 heterocycles. The van der Waals surface area contributed by atoms with Gasteiger partial charge in [0.15, 0.2) is 16.7 Å². The lowest BCUT2D eigenvalue weighted by atomic mass is 10.1. The third-order valence-electron chi connectivity index (χ3n) is 3.87. The predicted octanol–water partition coefficient (Wildman–Crippen LogP) is 4.32. The summed E-state index contributed by atoms with van der Waals surface area (Å²) >= 11 is 7.48. The lowest BCUT2D eigenvalue weighted by Gasteiger charge is -2.10. The first kappa shape index (κ1) is 19.3. The number of hydrogen-bond acceptors (Lipinski definition) is 5. The lowest BCUT2D eigenvalue weighted by molar-refractivity contribution is 0.354. The third-order valence-corrected chi connectivity index (χ3v) is 5.05. The summed E-state index contributed by atoms with van der Waals surface area (Å²) < 4.78 is 10.6. The van der Waals surface area contributed by atoms with Crippen LogP contribution in [0.5, 0.6) is 11.5 Å². The molecule has 0 aliphatic carbocycles. The molecule has 1 N–H and O–H groups in total. The van der Waals surface area contributed by atoms with Crippen LogP contribution in [0.25, 0.3) is 0 Å². The van der Waals surface area contributed by atoms with Crippen LogP contribution < -0.4 is 15.0 Å². The van der Waals surface area contributed by atoms with Gasteiger partial charge in [0.2, 0.25) is 0 Å². The second kappa shape index (κ2) is 8.97. The van der Waals surface area contributed by atoms with Gasteiger partial charge in [-0.3, -0.25) is 4.79 Å². The zero-order valence-electron chi connectivity index (χ0n) is 15.0. The number of nitrogens with zero attached hydrogens (tertiary/aromatic N) is 1. The maximum absolute atomic E-state index is 12.0. The minimum Gasteiger partial charge on any atom is -0.493 e. The summed E-state index contributed by atoms with van der Waals surface area (Å²) in [6.07, 6.45) is 0.523. The summed E-state index contributed by atoms with van der Waals surface area (Å²) in [4.78, 5) is 19.4. The van der Waals surface area contributed by atoms with Crippen LogP contribution in [0.15, 0.2) is 58.5 Å². The molecule has 0 atom stereocenters. The molecule has 1 aromatic heterocycles. The number of aromatic nitrogens is 2. The van der Waals surface area contributed by atoms with Crippen molar-refractivity contribution in [3.05, 3.63) is 80.7 Å². The number of methoxy groups -OCH3 is 2. The van der Waals surface area contributed by atoms with Gasteiger partial charge in [0.1, 0.15) is 0 Å². The molecule has 5 nitrogen and oxygen atoms in total. The maximum Gasteiger partial charge on any atom is 0.251 e. The van der Waals surface area contributed by atoms with Gasteiger partial charge in [0.25, 0.3) is 5.56 Å². The van der Waals surface area contributed by atoms with Gasteiger partial charge in [0.05, 0.1) is 19.9 Å². The fourth-order valence-corrected chi connectivity index (χ4v) is 3.67. The van der Waals surface area contributed by atoms with Crippen molar-refractivity contribution in [3.8, 4) is 11.5 Å². The number of ether oxygens (including phenoxy) is 2. The van der Waals surface area contributed by atoms with E-state index in [4.69, 9.17) is 21.1 Å². The minimum absolute atomic E-state index is 0.172. The van der Waals surface area contributed by atoms with Crippen LogP contribution in [0.4, 0.5) is 0 Å². The minimum atomic E-state index is -0.172. The molecular weight excluding hydrogens is 384 g/mol. The molecule has 0 aliphatic rings. The molecule has 0 aliphatic heterocycles. The Kier molecular flexibility index (Phi) is 6.42. The van der Waals surface area contributed by atoms with E-state index < -0.39 is 0 Å². The average molecular weight is 403 g/mol. The number of nitrogens with one attached hydrogen (secondary N) is 1. The van der Waals surface area contributed by atoms with Gasteiger partial charge < -0.3 is 14.5 Å². The highest BCUT2D eigenvalue weighted by atomic mass is 35.5. The number of benzene rings is 2. The Morgan fingerprint density at radius 3 is 2.59 bits per heavy atom. The van der Waals surface area contributed by atoms with Crippen molar-refractivity contribution in [3.63, 3.8) is 0 Å². The number of aromatic amines is 1. The molecule has 0 fully saturated rings. The van der Waals surface area contributed by atoms with E-state index in [0.29, 0.717) is 39.5 Å². The first-order valence-electron chi connectivity index (χ1n) is 8.26. The van der Waals surface area contributed by atoms with Gasteiger partial charge in [-0.25, -0.2) is 4.98 Å². The van der Waals surface area contributed by atoms with Gasteiger partial charge in [-0.1, -0.05) is 41.6 Å². The largest absolute Gasteiger partial charge is 0.493 e. The number of hydrogen-bond donors (Lipinski definition) is 1. The summed E-state index contributed by atoms with van der Waals surface area (Å²) in [7, 11) is 3.19. The van der Waals surface area contributed by atoms with Crippen molar-refractivity contribution < 1.29 is 9.47 Å². The highest BCUT2D eigenvalue weighted by Crippen LogP contribution is 2.28. The van der Waals surface area contributed by atoms with E-state index >= 15 is 0 Å². The van der Waals surface area contributed by atoms with E-state index in [0.717, 1.165) is 11.1 Å². The number of H-pyrrole nitrogens is 1. The molecule has 0 spiro atoms. The monoisotopic (exact) mass is 402 g/mol. The fraction of sp³-hybridized carbons (Fsp3) is 0.200. The Hall–Kier alpha value is -2.44. The molecule has 3 aromatic rings. The molecule has 0 unspecified atom stereocenters. The number of thioether (sulfide) groups is 1. The van der Waals surface area contributed by atoms with E-state index in [-0.39, 0.29) is 5.56 Å². The summed E-state index contributed by atoms with van der Waals surface area (Å²) in [6, 6.07) is 14.8.